The summed E-state index contributed by atoms with van der Waals surface area (Å²) in [7, 11) is 3.82. The van der Waals surface area contributed by atoms with Crippen molar-refractivity contribution in [2.75, 3.05) is 20.6 Å². The van der Waals surface area contributed by atoms with Crippen molar-refractivity contribution in [2.45, 2.75) is 44.9 Å². The maximum Gasteiger partial charge on any atom is 0.342 e. The number of guanidine groups is 1. The Kier molecular flexibility index (Phi) is 9.19. The summed E-state index contributed by atoms with van der Waals surface area (Å²) in [4.78, 5) is 10.3. The number of carboxylic acid groups (broad SMARTS) is 1. The van der Waals surface area contributed by atoms with Gasteiger partial charge in [0.05, 0.1) is 20.6 Å². The highest BCUT2D eigenvalue weighted by atomic mass is 16.4. The summed E-state index contributed by atoms with van der Waals surface area (Å²) >= 11 is 0. The van der Waals surface area contributed by atoms with Crippen molar-refractivity contribution in [3.63, 3.8) is 0 Å². The number of unbranched alkanes of at least 4 members (excludes halogenated alkanes) is 5. The molecule has 0 atom stereocenters. The fraction of sp³-hybridized carbons (Fsp3) is 0.833. The smallest absolute Gasteiger partial charge is 0.342 e. The lowest BCUT2D eigenvalue weighted by molar-refractivity contribution is -0.467. The van der Waals surface area contributed by atoms with Crippen LogP contribution >= 0.6 is 0 Å². The van der Waals surface area contributed by atoms with E-state index in [2.05, 4.69) is 5.32 Å². The molecule has 0 spiro atoms. The van der Waals surface area contributed by atoms with Gasteiger partial charge in [0, 0.05) is 6.42 Å². The minimum absolute atomic E-state index is 0.301. The molecule has 0 aliphatic heterocycles. The van der Waals surface area contributed by atoms with Crippen LogP contribution in [-0.4, -0.2) is 42.3 Å². The van der Waals surface area contributed by atoms with Gasteiger partial charge in [-0.15, -0.1) is 0 Å². The van der Waals surface area contributed by atoms with Gasteiger partial charge in [-0.05, 0) is 12.8 Å². The van der Waals surface area contributed by atoms with Crippen molar-refractivity contribution in [3.05, 3.63) is 0 Å². The molecule has 0 rings (SSSR count). The lowest BCUT2D eigenvalue weighted by Gasteiger charge is -2.02. The SMILES string of the molecule is C[N+](C)=C(N)NCCCCCCCCC(=O)O. The molecule has 0 unspecified atom stereocenters. The Labute approximate surface area is 104 Å². The molecule has 0 saturated heterocycles. The van der Waals surface area contributed by atoms with Crippen molar-refractivity contribution in [1.82, 2.24) is 5.32 Å². The van der Waals surface area contributed by atoms with Gasteiger partial charge >= 0.3 is 11.9 Å². The molecule has 0 bridgehead atoms. The predicted octanol–water partition coefficient (Wildman–Crippen LogP) is 0.978. The van der Waals surface area contributed by atoms with Gasteiger partial charge in [-0.2, -0.15) is 0 Å². The summed E-state index contributed by atoms with van der Waals surface area (Å²) in [5, 5.41) is 11.6. The zero-order valence-electron chi connectivity index (χ0n) is 11.0. The van der Waals surface area contributed by atoms with Gasteiger partial charge in [-0.3, -0.25) is 20.4 Å². The highest BCUT2D eigenvalue weighted by Gasteiger charge is 1.99. The number of aliphatic carboxylic acids is 1. The minimum Gasteiger partial charge on any atom is -0.481 e. The topological polar surface area (TPSA) is 78.4 Å². The van der Waals surface area contributed by atoms with Gasteiger partial charge in [-0.25, -0.2) is 0 Å². The number of hydrogen-bond donors (Lipinski definition) is 3. The van der Waals surface area contributed by atoms with E-state index in [4.69, 9.17) is 10.8 Å². The Balaban J connectivity index is 3.19. The Hall–Kier alpha value is -1.26. The third kappa shape index (κ3) is 11.0. The zero-order chi connectivity index (χ0) is 13.1. The quantitative estimate of drug-likeness (QED) is 0.244. The first-order valence-corrected chi connectivity index (χ1v) is 6.29. The summed E-state index contributed by atoms with van der Waals surface area (Å²) in [5.74, 6) is 0.00959. The van der Waals surface area contributed by atoms with Crippen LogP contribution in [0.3, 0.4) is 0 Å². The molecule has 100 valence electrons. The normalized spacial score (nSPS) is 10.0. The highest BCUT2D eigenvalue weighted by Crippen LogP contribution is 2.06. The third-order valence-electron chi connectivity index (χ3n) is 2.61. The van der Waals surface area contributed by atoms with Gasteiger partial charge in [0.25, 0.3) is 0 Å². The van der Waals surface area contributed by atoms with E-state index in [0.717, 1.165) is 32.2 Å². The summed E-state index contributed by atoms with van der Waals surface area (Å²) < 4.78 is 1.85. The lowest BCUT2D eigenvalue weighted by atomic mass is 10.1. The van der Waals surface area contributed by atoms with E-state index < -0.39 is 5.97 Å². The molecule has 0 aromatic heterocycles. The summed E-state index contributed by atoms with van der Waals surface area (Å²) in [6.45, 7) is 0.902. The molecule has 0 amide bonds. The Bertz CT molecular complexity index is 248. The van der Waals surface area contributed by atoms with Crippen LogP contribution in [0.2, 0.25) is 0 Å². The van der Waals surface area contributed by atoms with Crippen molar-refractivity contribution in [3.8, 4) is 0 Å². The molecular formula is C12H26N3O2+. The molecule has 0 aliphatic carbocycles. The molecule has 0 fully saturated rings. The molecular weight excluding hydrogens is 218 g/mol. The van der Waals surface area contributed by atoms with Crippen LogP contribution < -0.4 is 11.1 Å². The first-order chi connectivity index (χ1) is 8.04. The second-order valence-electron chi connectivity index (χ2n) is 4.47. The fourth-order valence-corrected chi connectivity index (χ4v) is 1.48. The number of nitrogens with two attached hydrogens (primary N) is 1. The second kappa shape index (κ2) is 9.93. The average molecular weight is 244 g/mol. The van der Waals surface area contributed by atoms with E-state index in [1.807, 2.05) is 18.7 Å². The van der Waals surface area contributed by atoms with E-state index in [-0.39, 0.29) is 0 Å². The molecule has 0 aromatic carbocycles. The molecule has 4 N–H and O–H groups in total. The number of carbonyl (C=O) groups is 1. The van der Waals surface area contributed by atoms with Crippen LogP contribution in [0.4, 0.5) is 0 Å². The van der Waals surface area contributed by atoms with Crippen LogP contribution in [0.25, 0.3) is 0 Å². The number of nitrogens with zero attached hydrogens (tertiary/aromatic N) is 1. The zero-order valence-corrected chi connectivity index (χ0v) is 11.0. The lowest BCUT2D eigenvalue weighted by Crippen LogP contribution is -2.38. The van der Waals surface area contributed by atoms with Crippen molar-refractivity contribution < 1.29 is 14.5 Å². The number of nitrogens with one attached hydrogen (secondary N) is 1. The molecule has 0 radical (unpaired) electrons. The van der Waals surface area contributed by atoms with E-state index in [1.165, 1.54) is 12.8 Å². The molecule has 0 aliphatic rings. The van der Waals surface area contributed by atoms with Crippen LogP contribution in [0, 0.1) is 0 Å². The molecule has 0 aromatic rings. The van der Waals surface area contributed by atoms with Gasteiger partial charge in [-0.1, -0.05) is 25.7 Å². The maximum atomic E-state index is 10.3. The van der Waals surface area contributed by atoms with E-state index in [0.29, 0.717) is 12.4 Å². The van der Waals surface area contributed by atoms with Crippen LogP contribution in [0.5, 0.6) is 0 Å². The molecule has 0 saturated carbocycles. The van der Waals surface area contributed by atoms with Gasteiger partial charge < -0.3 is 5.11 Å². The Morgan fingerprint density at radius 1 is 1.12 bits per heavy atom. The summed E-state index contributed by atoms with van der Waals surface area (Å²) in [6.07, 6.45) is 6.69. The largest absolute Gasteiger partial charge is 0.481 e. The Morgan fingerprint density at radius 3 is 2.18 bits per heavy atom. The number of rotatable bonds is 9. The number of hydrogen-bond acceptors (Lipinski definition) is 1. The molecule has 17 heavy (non-hydrogen) atoms. The monoisotopic (exact) mass is 244 g/mol. The molecule has 5 nitrogen and oxygen atoms in total. The van der Waals surface area contributed by atoms with E-state index >= 15 is 0 Å². The van der Waals surface area contributed by atoms with Crippen LogP contribution in [0.1, 0.15) is 44.9 Å². The van der Waals surface area contributed by atoms with Crippen molar-refractivity contribution in [1.29, 1.82) is 0 Å². The van der Waals surface area contributed by atoms with Crippen LogP contribution in [0.15, 0.2) is 0 Å². The summed E-state index contributed by atoms with van der Waals surface area (Å²) in [6, 6.07) is 0. The average Bonchev–Trinajstić information content (AvgIpc) is 2.25. The van der Waals surface area contributed by atoms with Crippen molar-refractivity contribution in [2.24, 2.45) is 5.73 Å². The first-order valence-electron chi connectivity index (χ1n) is 6.29. The Morgan fingerprint density at radius 2 is 1.65 bits per heavy atom. The minimum atomic E-state index is -0.691. The van der Waals surface area contributed by atoms with Gasteiger partial charge in [0.1, 0.15) is 0 Å². The predicted molar refractivity (Wildman–Crippen MR) is 69.3 cm³/mol. The van der Waals surface area contributed by atoms with Crippen LogP contribution in [-0.2, 0) is 4.79 Å². The van der Waals surface area contributed by atoms with Gasteiger partial charge in [0.2, 0.25) is 0 Å². The number of carboxylic acids is 1. The van der Waals surface area contributed by atoms with E-state index in [1.54, 1.807) is 0 Å². The summed E-state index contributed by atoms with van der Waals surface area (Å²) in [5.41, 5.74) is 5.70. The maximum absolute atomic E-state index is 10.3. The van der Waals surface area contributed by atoms with E-state index in [9.17, 15) is 4.79 Å². The molecule has 5 heteroatoms. The first kappa shape index (κ1) is 15.7. The second-order valence-corrected chi connectivity index (χ2v) is 4.47. The van der Waals surface area contributed by atoms with Gasteiger partial charge in [0.15, 0.2) is 0 Å². The standard InChI is InChI=1S/C12H25N3O2/c1-15(2)12(13)14-10-8-6-4-3-5-7-9-11(16)17/h3-10H2,1-2H3,(H3,13,14,16,17)/p+1. The fourth-order valence-electron chi connectivity index (χ4n) is 1.48. The third-order valence-corrected chi connectivity index (χ3v) is 2.61. The molecule has 0 heterocycles. The highest BCUT2D eigenvalue weighted by molar-refractivity contribution is 5.72. The van der Waals surface area contributed by atoms with Crippen molar-refractivity contribution >= 4 is 11.9 Å².